The first-order chi connectivity index (χ1) is 8.24. The average molecular weight is 230 g/mol. The third kappa shape index (κ3) is 1.80. The molecule has 0 aliphatic heterocycles. The third-order valence-corrected chi connectivity index (χ3v) is 3.28. The number of para-hydroxylation sites is 1. The van der Waals surface area contributed by atoms with Crippen LogP contribution in [0.5, 0.6) is 0 Å². The molecule has 0 radical (unpaired) electrons. The first kappa shape index (κ1) is 10.4. The summed E-state index contributed by atoms with van der Waals surface area (Å²) in [5, 5.41) is 13.0. The smallest absolute Gasteiger partial charge is 0.253 e. The molecule has 1 heterocycles. The molecule has 0 bridgehead atoms. The summed E-state index contributed by atoms with van der Waals surface area (Å²) in [6, 6.07) is 7.84. The largest absolute Gasteiger partial charge is 0.393 e. The lowest BCUT2D eigenvalue weighted by Crippen LogP contribution is -2.46. The van der Waals surface area contributed by atoms with Crippen molar-refractivity contribution in [2.75, 3.05) is 0 Å². The number of aliphatic hydroxyl groups is 1. The van der Waals surface area contributed by atoms with Crippen LogP contribution < -0.4 is 5.32 Å². The van der Waals surface area contributed by atoms with Crippen molar-refractivity contribution >= 4 is 16.8 Å². The number of hydrogen-bond acceptors (Lipinski definition) is 2. The minimum Gasteiger partial charge on any atom is -0.393 e. The van der Waals surface area contributed by atoms with Crippen molar-refractivity contribution in [3.8, 4) is 0 Å². The van der Waals surface area contributed by atoms with Crippen molar-refractivity contribution in [1.82, 2.24) is 10.3 Å². The number of amides is 1. The van der Waals surface area contributed by atoms with Crippen LogP contribution >= 0.6 is 0 Å². The van der Waals surface area contributed by atoms with Crippen molar-refractivity contribution in [3.05, 3.63) is 36.0 Å². The van der Waals surface area contributed by atoms with Crippen LogP contribution in [-0.2, 0) is 0 Å². The number of rotatable bonds is 2. The molecule has 1 aliphatic rings. The van der Waals surface area contributed by atoms with Gasteiger partial charge in [0.15, 0.2) is 0 Å². The molecule has 3 N–H and O–H groups in total. The summed E-state index contributed by atoms with van der Waals surface area (Å²) in [7, 11) is 0. The Kier molecular flexibility index (Phi) is 2.37. The van der Waals surface area contributed by atoms with Gasteiger partial charge in [0.1, 0.15) is 0 Å². The fourth-order valence-corrected chi connectivity index (χ4v) is 2.23. The van der Waals surface area contributed by atoms with E-state index in [1.807, 2.05) is 24.3 Å². The highest BCUT2D eigenvalue weighted by Gasteiger charge is 2.29. The second-order valence-electron chi connectivity index (χ2n) is 4.54. The number of carbonyl (C=O) groups is 1. The van der Waals surface area contributed by atoms with Crippen LogP contribution in [0.3, 0.4) is 0 Å². The van der Waals surface area contributed by atoms with Crippen LogP contribution in [0.2, 0.25) is 0 Å². The van der Waals surface area contributed by atoms with Crippen LogP contribution in [0.15, 0.2) is 30.5 Å². The predicted octanol–water partition coefficient (Wildman–Crippen LogP) is 1.42. The number of nitrogens with one attached hydrogen (secondary N) is 2. The summed E-state index contributed by atoms with van der Waals surface area (Å²) in [4.78, 5) is 15.1. The van der Waals surface area contributed by atoms with E-state index in [9.17, 15) is 9.90 Å². The molecule has 17 heavy (non-hydrogen) atoms. The normalized spacial score (nSPS) is 23.4. The lowest BCUT2D eigenvalue weighted by Gasteiger charge is -2.31. The molecule has 1 fully saturated rings. The Labute approximate surface area is 98.6 Å². The number of aromatic nitrogens is 1. The molecule has 4 nitrogen and oxygen atoms in total. The van der Waals surface area contributed by atoms with E-state index < -0.39 is 0 Å². The highest BCUT2D eigenvalue weighted by Crippen LogP contribution is 2.22. The lowest BCUT2D eigenvalue weighted by molar-refractivity contribution is 0.0563. The van der Waals surface area contributed by atoms with Gasteiger partial charge < -0.3 is 15.4 Å². The van der Waals surface area contributed by atoms with Gasteiger partial charge in [-0.2, -0.15) is 0 Å². The molecule has 1 aromatic carbocycles. The third-order valence-electron chi connectivity index (χ3n) is 3.28. The van der Waals surface area contributed by atoms with Crippen LogP contribution in [0.4, 0.5) is 0 Å². The van der Waals surface area contributed by atoms with Crippen molar-refractivity contribution in [2.24, 2.45) is 0 Å². The molecule has 2 aromatic rings. The zero-order chi connectivity index (χ0) is 11.8. The number of benzene rings is 1. The zero-order valence-corrected chi connectivity index (χ0v) is 9.31. The molecular formula is C13H14N2O2. The van der Waals surface area contributed by atoms with E-state index in [-0.39, 0.29) is 18.1 Å². The van der Waals surface area contributed by atoms with Crippen molar-refractivity contribution in [1.29, 1.82) is 0 Å². The van der Waals surface area contributed by atoms with Crippen LogP contribution in [-0.4, -0.2) is 28.1 Å². The van der Waals surface area contributed by atoms with E-state index in [1.165, 1.54) is 0 Å². The summed E-state index contributed by atoms with van der Waals surface area (Å²) >= 11 is 0. The fraction of sp³-hybridized carbons (Fsp3) is 0.308. The summed E-state index contributed by atoms with van der Waals surface area (Å²) < 4.78 is 0. The van der Waals surface area contributed by atoms with Gasteiger partial charge in [-0.3, -0.25) is 4.79 Å². The number of H-pyrrole nitrogens is 1. The molecule has 1 aliphatic carbocycles. The fourth-order valence-electron chi connectivity index (χ4n) is 2.23. The minimum absolute atomic E-state index is 0.0700. The zero-order valence-electron chi connectivity index (χ0n) is 9.31. The van der Waals surface area contributed by atoms with Gasteiger partial charge in [-0.25, -0.2) is 0 Å². The number of hydrogen-bond donors (Lipinski definition) is 3. The summed E-state index contributed by atoms with van der Waals surface area (Å²) in [5.74, 6) is -0.0700. The van der Waals surface area contributed by atoms with Gasteiger partial charge >= 0.3 is 0 Å². The van der Waals surface area contributed by atoms with Crippen molar-refractivity contribution < 1.29 is 9.90 Å². The highest BCUT2D eigenvalue weighted by molar-refractivity contribution is 6.06. The van der Waals surface area contributed by atoms with E-state index in [1.54, 1.807) is 6.20 Å². The monoisotopic (exact) mass is 230 g/mol. The molecule has 0 saturated heterocycles. The quantitative estimate of drug-likeness (QED) is 0.730. The standard InChI is InChI=1S/C13H14N2O2/c16-9-5-8(6-9)15-13(17)11-7-14-12-4-2-1-3-10(11)12/h1-4,7-9,14,16H,5-6H2,(H,15,17). The van der Waals surface area contributed by atoms with E-state index in [0.29, 0.717) is 18.4 Å². The Hall–Kier alpha value is -1.81. The van der Waals surface area contributed by atoms with E-state index in [2.05, 4.69) is 10.3 Å². The van der Waals surface area contributed by atoms with E-state index in [0.717, 1.165) is 10.9 Å². The SMILES string of the molecule is O=C(NC1CC(O)C1)c1c[nH]c2ccccc12. The summed E-state index contributed by atoms with van der Waals surface area (Å²) in [6.07, 6.45) is 2.81. The molecule has 1 amide bonds. The molecule has 1 saturated carbocycles. The Bertz CT molecular complexity index is 555. The predicted molar refractivity (Wildman–Crippen MR) is 64.8 cm³/mol. The van der Waals surface area contributed by atoms with E-state index in [4.69, 9.17) is 0 Å². The first-order valence-electron chi connectivity index (χ1n) is 5.79. The summed E-state index contributed by atoms with van der Waals surface area (Å²) in [5.41, 5.74) is 1.63. The van der Waals surface area contributed by atoms with Crippen LogP contribution in [0, 0.1) is 0 Å². The Balaban J connectivity index is 1.81. The maximum absolute atomic E-state index is 12.0. The number of fused-ring (bicyclic) bond motifs is 1. The van der Waals surface area contributed by atoms with Crippen LogP contribution in [0.1, 0.15) is 23.2 Å². The minimum atomic E-state index is -0.247. The molecule has 0 atom stereocenters. The molecule has 1 aromatic heterocycles. The second kappa shape index (κ2) is 3.89. The molecule has 88 valence electrons. The number of aromatic amines is 1. The summed E-state index contributed by atoms with van der Waals surface area (Å²) in [6.45, 7) is 0. The number of carbonyl (C=O) groups excluding carboxylic acids is 1. The lowest BCUT2D eigenvalue weighted by atomic mass is 9.89. The molecule has 0 unspecified atom stereocenters. The van der Waals surface area contributed by atoms with Crippen LogP contribution in [0.25, 0.3) is 10.9 Å². The van der Waals surface area contributed by atoms with Gasteiger partial charge in [0.2, 0.25) is 0 Å². The van der Waals surface area contributed by atoms with Gasteiger partial charge in [0.05, 0.1) is 11.7 Å². The van der Waals surface area contributed by atoms with Gasteiger partial charge in [-0.05, 0) is 18.9 Å². The Morgan fingerprint density at radius 1 is 1.35 bits per heavy atom. The van der Waals surface area contributed by atoms with Gasteiger partial charge in [-0.15, -0.1) is 0 Å². The van der Waals surface area contributed by atoms with Gasteiger partial charge in [0.25, 0.3) is 5.91 Å². The molecule has 4 heteroatoms. The topological polar surface area (TPSA) is 65.1 Å². The van der Waals surface area contributed by atoms with Gasteiger partial charge in [0, 0.05) is 23.1 Å². The Morgan fingerprint density at radius 3 is 2.88 bits per heavy atom. The van der Waals surface area contributed by atoms with Crippen molar-refractivity contribution in [3.63, 3.8) is 0 Å². The average Bonchev–Trinajstić information content (AvgIpc) is 2.70. The second-order valence-corrected chi connectivity index (χ2v) is 4.54. The molecule has 0 spiro atoms. The first-order valence-corrected chi connectivity index (χ1v) is 5.79. The number of aliphatic hydroxyl groups excluding tert-OH is 1. The maximum Gasteiger partial charge on any atom is 0.253 e. The van der Waals surface area contributed by atoms with E-state index >= 15 is 0 Å². The van der Waals surface area contributed by atoms with Crippen molar-refractivity contribution in [2.45, 2.75) is 25.0 Å². The highest BCUT2D eigenvalue weighted by atomic mass is 16.3. The Morgan fingerprint density at radius 2 is 2.12 bits per heavy atom. The maximum atomic E-state index is 12.0. The molecule has 3 rings (SSSR count). The molecular weight excluding hydrogens is 216 g/mol. The van der Waals surface area contributed by atoms with Gasteiger partial charge in [-0.1, -0.05) is 18.2 Å².